The quantitative estimate of drug-likeness (QED) is 0.711. The zero-order valence-corrected chi connectivity index (χ0v) is 10.1. The molecule has 0 spiro atoms. The number of carbonyl (C=O) groups excluding carboxylic acids is 1. The monoisotopic (exact) mass is 244 g/mol. The van der Waals surface area contributed by atoms with E-state index in [9.17, 15) is 4.79 Å². The molecule has 3 nitrogen and oxygen atoms in total. The minimum atomic E-state index is 0.0750. The maximum atomic E-state index is 12.0. The number of nitrogens with zero attached hydrogens (tertiary/aromatic N) is 2. The molecule has 82 valence electrons. The van der Waals surface area contributed by atoms with Gasteiger partial charge in [0.2, 0.25) is 0 Å². The fourth-order valence-electron chi connectivity index (χ4n) is 1.73. The van der Waals surface area contributed by atoms with Gasteiger partial charge < -0.3 is 4.90 Å². The molecule has 1 aromatic heterocycles. The minimum Gasteiger partial charge on any atom is -0.336 e. The van der Waals surface area contributed by atoms with Crippen LogP contribution in [0.1, 0.15) is 27.5 Å². The minimum absolute atomic E-state index is 0.0750. The zero-order valence-electron chi connectivity index (χ0n) is 8.57. The predicted octanol–water partition coefficient (Wildman–Crippen LogP) is 2.29. The van der Waals surface area contributed by atoms with Crippen LogP contribution in [0.5, 0.6) is 0 Å². The van der Waals surface area contributed by atoms with Crippen LogP contribution in [0.15, 0.2) is 6.20 Å². The summed E-state index contributed by atoms with van der Waals surface area (Å²) in [5, 5.41) is 1.04. The second-order valence-corrected chi connectivity index (χ2v) is 5.59. The summed E-state index contributed by atoms with van der Waals surface area (Å²) in [6.45, 7) is 3.39. The number of hydrogen-bond acceptors (Lipinski definition) is 3. The van der Waals surface area contributed by atoms with E-state index in [0.29, 0.717) is 6.54 Å². The van der Waals surface area contributed by atoms with E-state index in [4.69, 9.17) is 11.6 Å². The summed E-state index contributed by atoms with van der Waals surface area (Å²) in [6, 6.07) is 0. The highest BCUT2D eigenvalue weighted by molar-refractivity contribution is 7.13. The number of alkyl halides is 1. The third kappa shape index (κ3) is 2.49. The van der Waals surface area contributed by atoms with Gasteiger partial charge in [-0.05, 0) is 19.8 Å². The van der Waals surface area contributed by atoms with Crippen molar-refractivity contribution in [2.24, 2.45) is 0 Å². The number of rotatable bonds is 1. The Bertz CT molecular complexity index is 366. The fourth-order valence-corrected chi connectivity index (χ4v) is 2.79. The van der Waals surface area contributed by atoms with Crippen LogP contribution in [0.25, 0.3) is 0 Å². The highest BCUT2D eigenvalue weighted by Crippen LogP contribution is 2.20. The Balaban J connectivity index is 2.07. The summed E-state index contributed by atoms with van der Waals surface area (Å²) >= 11 is 7.49. The maximum absolute atomic E-state index is 12.0. The molecule has 1 aromatic rings. The lowest BCUT2D eigenvalue weighted by molar-refractivity contribution is 0.0731. The molecule has 1 fully saturated rings. The molecule has 1 aliphatic heterocycles. The lowest BCUT2D eigenvalue weighted by atomic mass is 10.1. The van der Waals surface area contributed by atoms with Gasteiger partial charge in [0, 0.05) is 13.1 Å². The average Bonchev–Trinajstić information content (AvgIpc) is 2.64. The van der Waals surface area contributed by atoms with Gasteiger partial charge >= 0.3 is 0 Å². The van der Waals surface area contributed by atoms with Gasteiger partial charge in [0.05, 0.1) is 16.6 Å². The first-order valence-electron chi connectivity index (χ1n) is 5.02. The van der Waals surface area contributed by atoms with Crippen molar-refractivity contribution in [3.05, 3.63) is 16.1 Å². The highest BCUT2D eigenvalue weighted by atomic mass is 35.5. The summed E-state index contributed by atoms with van der Waals surface area (Å²) in [5.41, 5.74) is 0. The molecule has 15 heavy (non-hydrogen) atoms. The molecule has 0 bridgehead atoms. The Hall–Kier alpha value is -0.610. The van der Waals surface area contributed by atoms with Crippen molar-refractivity contribution in [3.8, 4) is 0 Å². The molecule has 1 aliphatic rings. The largest absolute Gasteiger partial charge is 0.336 e. The molecule has 0 aliphatic carbocycles. The maximum Gasteiger partial charge on any atom is 0.265 e. The smallest absolute Gasteiger partial charge is 0.265 e. The number of piperidine rings is 1. The molecule has 0 saturated carbocycles. The van der Waals surface area contributed by atoms with E-state index in [1.807, 2.05) is 11.8 Å². The van der Waals surface area contributed by atoms with Gasteiger partial charge in [-0.3, -0.25) is 4.79 Å². The molecular formula is C10H13ClN2OS. The van der Waals surface area contributed by atoms with Gasteiger partial charge in [-0.15, -0.1) is 22.9 Å². The third-order valence-electron chi connectivity index (χ3n) is 2.48. The van der Waals surface area contributed by atoms with Gasteiger partial charge in [-0.1, -0.05) is 0 Å². The molecule has 1 saturated heterocycles. The first-order chi connectivity index (χ1) is 7.16. The molecule has 2 heterocycles. The molecule has 1 atom stereocenters. The van der Waals surface area contributed by atoms with Crippen LogP contribution in [0, 0.1) is 6.92 Å². The fraction of sp³-hybridized carbons (Fsp3) is 0.600. The summed E-state index contributed by atoms with van der Waals surface area (Å²) in [6.07, 6.45) is 3.66. The lowest BCUT2D eigenvalue weighted by Gasteiger charge is -2.29. The van der Waals surface area contributed by atoms with E-state index >= 15 is 0 Å². The summed E-state index contributed by atoms with van der Waals surface area (Å²) in [7, 11) is 0. The molecule has 0 radical (unpaired) electrons. The van der Waals surface area contributed by atoms with Crippen molar-refractivity contribution < 1.29 is 4.79 Å². The van der Waals surface area contributed by atoms with Gasteiger partial charge in [-0.2, -0.15) is 0 Å². The molecule has 2 rings (SSSR count). The van der Waals surface area contributed by atoms with E-state index in [1.54, 1.807) is 6.20 Å². The van der Waals surface area contributed by atoms with Crippen molar-refractivity contribution in [2.75, 3.05) is 13.1 Å². The van der Waals surface area contributed by atoms with Crippen molar-refractivity contribution in [1.29, 1.82) is 0 Å². The summed E-state index contributed by atoms with van der Waals surface area (Å²) < 4.78 is 0. The number of aryl methyl sites for hydroxylation is 1. The van der Waals surface area contributed by atoms with Crippen LogP contribution in [0.4, 0.5) is 0 Å². The Morgan fingerprint density at radius 1 is 1.73 bits per heavy atom. The van der Waals surface area contributed by atoms with Crippen LogP contribution < -0.4 is 0 Å². The number of carbonyl (C=O) groups is 1. The van der Waals surface area contributed by atoms with E-state index in [0.717, 1.165) is 29.3 Å². The number of halogens is 1. The zero-order chi connectivity index (χ0) is 10.8. The van der Waals surface area contributed by atoms with Gasteiger partial charge in [0.1, 0.15) is 4.88 Å². The first kappa shape index (κ1) is 10.9. The van der Waals surface area contributed by atoms with E-state index in [2.05, 4.69) is 4.98 Å². The Morgan fingerprint density at radius 2 is 2.53 bits per heavy atom. The average molecular weight is 245 g/mol. The summed E-state index contributed by atoms with van der Waals surface area (Å²) in [5.74, 6) is 0.0750. The standard InChI is InChI=1S/C10H13ClN2OS/c1-7-12-5-9(15-7)10(14)13-4-2-3-8(11)6-13/h5,8H,2-4,6H2,1H3. The van der Waals surface area contributed by atoms with Gasteiger partial charge in [-0.25, -0.2) is 4.98 Å². The van der Waals surface area contributed by atoms with Crippen molar-refractivity contribution >= 4 is 28.8 Å². The van der Waals surface area contributed by atoms with Crippen molar-refractivity contribution in [2.45, 2.75) is 25.1 Å². The topological polar surface area (TPSA) is 33.2 Å². The number of aromatic nitrogens is 1. The van der Waals surface area contributed by atoms with E-state index in [1.165, 1.54) is 11.3 Å². The third-order valence-corrected chi connectivity index (χ3v) is 3.74. The highest BCUT2D eigenvalue weighted by Gasteiger charge is 2.24. The number of hydrogen-bond donors (Lipinski definition) is 0. The van der Waals surface area contributed by atoms with Gasteiger partial charge in [0.15, 0.2) is 0 Å². The molecule has 5 heteroatoms. The van der Waals surface area contributed by atoms with Crippen LogP contribution in [0.2, 0.25) is 0 Å². The Morgan fingerprint density at radius 3 is 3.13 bits per heavy atom. The summed E-state index contributed by atoms with van der Waals surface area (Å²) in [4.78, 5) is 18.6. The first-order valence-corrected chi connectivity index (χ1v) is 6.28. The Kier molecular flexibility index (Phi) is 3.26. The second kappa shape index (κ2) is 4.49. The van der Waals surface area contributed by atoms with Crippen molar-refractivity contribution in [3.63, 3.8) is 0 Å². The Labute approximate surface area is 98.1 Å². The molecule has 1 unspecified atom stereocenters. The number of likely N-dealkylation sites (tertiary alicyclic amines) is 1. The molecule has 0 N–H and O–H groups in total. The normalized spacial score (nSPS) is 21.7. The van der Waals surface area contributed by atoms with E-state index in [-0.39, 0.29) is 11.3 Å². The van der Waals surface area contributed by atoms with Crippen molar-refractivity contribution in [1.82, 2.24) is 9.88 Å². The van der Waals surface area contributed by atoms with E-state index < -0.39 is 0 Å². The van der Waals surface area contributed by atoms with Crippen LogP contribution in [-0.2, 0) is 0 Å². The molecular weight excluding hydrogens is 232 g/mol. The molecule has 1 amide bonds. The lowest BCUT2D eigenvalue weighted by Crippen LogP contribution is -2.40. The predicted molar refractivity (Wildman–Crippen MR) is 61.6 cm³/mol. The number of thiazole rings is 1. The van der Waals surface area contributed by atoms with Gasteiger partial charge in [0.25, 0.3) is 5.91 Å². The van der Waals surface area contributed by atoms with Crippen LogP contribution in [-0.4, -0.2) is 34.3 Å². The SMILES string of the molecule is Cc1ncc(C(=O)N2CCCC(Cl)C2)s1. The second-order valence-electron chi connectivity index (χ2n) is 3.73. The molecule has 0 aromatic carbocycles. The van der Waals surface area contributed by atoms with Crippen LogP contribution >= 0.6 is 22.9 Å². The number of amides is 1. The van der Waals surface area contributed by atoms with Crippen LogP contribution in [0.3, 0.4) is 0 Å².